The van der Waals surface area contributed by atoms with Crippen molar-refractivity contribution in [1.82, 2.24) is 14.1 Å². The molecule has 2 fully saturated rings. The molecule has 0 aromatic heterocycles. The first-order chi connectivity index (χ1) is 14.8. The van der Waals surface area contributed by atoms with E-state index >= 15 is 0 Å². The zero-order valence-corrected chi connectivity index (χ0v) is 19.1. The molecule has 2 saturated heterocycles. The largest absolute Gasteiger partial charge is 0.450 e. The predicted molar refractivity (Wildman–Crippen MR) is 117 cm³/mol. The number of anilines is 1. The van der Waals surface area contributed by atoms with Crippen LogP contribution in [0.4, 0.5) is 10.5 Å². The average molecular weight is 453 g/mol. The van der Waals surface area contributed by atoms with Gasteiger partial charge in [0.1, 0.15) is 0 Å². The molecule has 0 atom stereocenters. The first-order valence-electron chi connectivity index (χ1n) is 10.8. The molecule has 2 aliphatic heterocycles. The van der Waals surface area contributed by atoms with Crippen LogP contribution in [0.1, 0.15) is 26.7 Å². The molecule has 1 N–H and O–H groups in total. The van der Waals surface area contributed by atoms with Gasteiger partial charge >= 0.3 is 6.09 Å². The number of rotatable bonds is 6. The van der Waals surface area contributed by atoms with Crippen LogP contribution in [0, 0.1) is 5.92 Å². The molecule has 3 rings (SSSR count). The Bertz CT molecular complexity index is 858. The molecule has 1 aromatic rings. The van der Waals surface area contributed by atoms with E-state index < -0.39 is 10.0 Å². The van der Waals surface area contributed by atoms with Crippen molar-refractivity contribution < 1.29 is 22.7 Å². The lowest BCUT2D eigenvalue weighted by Gasteiger charge is -2.33. The van der Waals surface area contributed by atoms with E-state index in [1.165, 1.54) is 4.31 Å². The first kappa shape index (κ1) is 23.5. The Kier molecular flexibility index (Phi) is 7.90. The number of nitrogens with one attached hydrogen (secondary N) is 1. The molecular formula is C21H32N4O5S. The SMILES string of the molecule is CCOC(=O)N1CCN(CC(=O)Nc2ccc(S(=O)(=O)N3CCC(C)CC3)cc2)CC1. The quantitative estimate of drug-likeness (QED) is 0.707. The van der Waals surface area contributed by atoms with Crippen LogP contribution < -0.4 is 5.32 Å². The lowest BCUT2D eigenvalue weighted by Crippen LogP contribution is -2.50. The minimum absolute atomic E-state index is 0.176. The van der Waals surface area contributed by atoms with E-state index in [0.717, 1.165) is 12.8 Å². The number of hydrogen-bond acceptors (Lipinski definition) is 6. The summed E-state index contributed by atoms with van der Waals surface area (Å²) in [5, 5.41) is 2.81. The topological polar surface area (TPSA) is 99.3 Å². The lowest BCUT2D eigenvalue weighted by atomic mass is 10.0. The van der Waals surface area contributed by atoms with Crippen molar-refractivity contribution in [2.24, 2.45) is 5.92 Å². The normalized spacial score (nSPS) is 19.2. The Labute approximate surface area is 184 Å². The molecule has 0 bridgehead atoms. The third-order valence-corrected chi connectivity index (χ3v) is 7.70. The molecule has 0 aliphatic carbocycles. The summed E-state index contributed by atoms with van der Waals surface area (Å²) in [6.45, 7) is 7.80. The summed E-state index contributed by atoms with van der Waals surface area (Å²) in [4.78, 5) is 28.0. The molecule has 2 heterocycles. The summed E-state index contributed by atoms with van der Waals surface area (Å²) in [6.07, 6.45) is 1.43. The highest BCUT2D eigenvalue weighted by atomic mass is 32.2. The van der Waals surface area contributed by atoms with Crippen molar-refractivity contribution in [3.05, 3.63) is 24.3 Å². The van der Waals surface area contributed by atoms with Gasteiger partial charge in [0.05, 0.1) is 18.0 Å². The summed E-state index contributed by atoms with van der Waals surface area (Å²) < 4.78 is 32.1. The minimum atomic E-state index is -3.50. The summed E-state index contributed by atoms with van der Waals surface area (Å²) in [5.74, 6) is 0.377. The van der Waals surface area contributed by atoms with Gasteiger partial charge in [-0.05, 0) is 49.9 Å². The van der Waals surface area contributed by atoms with Gasteiger partial charge in [-0.2, -0.15) is 4.31 Å². The number of piperazine rings is 1. The number of piperidine rings is 1. The van der Waals surface area contributed by atoms with Crippen molar-refractivity contribution in [2.75, 3.05) is 57.7 Å². The van der Waals surface area contributed by atoms with Crippen LogP contribution in [0.25, 0.3) is 0 Å². The second kappa shape index (κ2) is 10.4. The molecule has 1 aromatic carbocycles. The lowest BCUT2D eigenvalue weighted by molar-refractivity contribution is -0.117. The standard InChI is InChI=1S/C21H32N4O5S/c1-3-30-21(27)24-14-12-23(13-15-24)16-20(26)22-18-4-6-19(7-5-18)31(28,29)25-10-8-17(2)9-11-25/h4-7,17H,3,8-16H2,1-2H3,(H,22,26). The van der Waals surface area contributed by atoms with Crippen molar-refractivity contribution in [1.29, 1.82) is 0 Å². The monoisotopic (exact) mass is 452 g/mol. The van der Waals surface area contributed by atoms with E-state index in [0.29, 0.717) is 57.5 Å². The average Bonchev–Trinajstić information content (AvgIpc) is 2.75. The molecule has 0 saturated carbocycles. The molecule has 0 radical (unpaired) electrons. The van der Waals surface area contributed by atoms with Gasteiger partial charge in [0.25, 0.3) is 0 Å². The highest BCUT2D eigenvalue weighted by Gasteiger charge is 2.28. The van der Waals surface area contributed by atoms with Gasteiger partial charge in [-0.1, -0.05) is 6.92 Å². The maximum Gasteiger partial charge on any atom is 0.409 e. The predicted octanol–water partition coefficient (Wildman–Crippen LogP) is 1.82. The first-order valence-corrected chi connectivity index (χ1v) is 12.3. The third kappa shape index (κ3) is 6.18. The van der Waals surface area contributed by atoms with Crippen LogP contribution in [-0.2, 0) is 19.6 Å². The van der Waals surface area contributed by atoms with E-state index in [1.54, 1.807) is 36.1 Å². The molecule has 2 amide bonds. The van der Waals surface area contributed by atoms with E-state index in [9.17, 15) is 18.0 Å². The van der Waals surface area contributed by atoms with Crippen LogP contribution in [-0.4, -0.2) is 86.9 Å². The van der Waals surface area contributed by atoms with Gasteiger partial charge in [-0.15, -0.1) is 0 Å². The maximum atomic E-state index is 12.8. The van der Waals surface area contributed by atoms with Crippen molar-refractivity contribution >= 4 is 27.7 Å². The number of sulfonamides is 1. The zero-order valence-electron chi connectivity index (χ0n) is 18.2. The molecule has 172 valence electrons. The summed E-state index contributed by atoms with van der Waals surface area (Å²) in [5.41, 5.74) is 0.557. The Morgan fingerprint density at radius 1 is 1.03 bits per heavy atom. The van der Waals surface area contributed by atoms with E-state index in [1.807, 2.05) is 4.90 Å². The highest BCUT2D eigenvalue weighted by Crippen LogP contribution is 2.24. The molecule has 2 aliphatic rings. The fourth-order valence-corrected chi connectivity index (χ4v) is 5.26. The molecular weight excluding hydrogens is 420 g/mol. The molecule has 0 spiro atoms. The van der Waals surface area contributed by atoms with Gasteiger partial charge in [-0.25, -0.2) is 13.2 Å². The highest BCUT2D eigenvalue weighted by molar-refractivity contribution is 7.89. The fraction of sp³-hybridized carbons (Fsp3) is 0.619. The van der Waals surface area contributed by atoms with Crippen molar-refractivity contribution in [2.45, 2.75) is 31.6 Å². The summed E-state index contributed by atoms with van der Waals surface area (Å²) >= 11 is 0. The summed E-state index contributed by atoms with van der Waals surface area (Å²) in [7, 11) is -3.50. The second-order valence-electron chi connectivity index (χ2n) is 8.12. The van der Waals surface area contributed by atoms with Gasteiger partial charge in [-0.3, -0.25) is 9.69 Å². The third-order valence-electron chi connectivity index (χ3n) is 5.78. The van der Waals surface area contributed by atoms with E-state index in [-0.39, 0.29) is 23.4 Å². The van der Waals surface area contributed by atoms with Gasteiger partial charge in [0, 0.05) is 45.0 Å². The number of amides is 2. The number of hydrogen-bond donors (Lipinski definition) is 1. The Hall–Kier alpha value is -2.17. The molecule has 9 nitrogen and oxygen atoms in total. The Morgan fingerprint density at radius 3 is 2.23 bits per heavy atom. The Balaban J connectivity index is 1.49. The van der Waals surface area contributed by atoms with Crippen LogP contribution in [0.5, 0.6) is 0 Å². The van der Waals surface area contributed by atoms with Crippen LogP contribution in [0.2, 0.25) is 0 Å². The fourth-order valence-electron chi connectivity index (χ4n) is 3.79. The number of benzene rings is 1. The van der Waals surface area contributed by atoms with Gasteiger partial charge < -0.3 is 15.0 Å². The molecule has 31 heavy (non-hydrogen) atoms. The minimum Gasteiger partial charge on any atom is -0.450 e. The van der Waals surface area contributed by atoms with E-state index in [2.05, 4.69) is 12.2 Å². The van der Waals surface area contributed by atoms with Crippen LogP contribution in [0.15, 0.2) is 29.2 Å². The number of carbonyl (C=O) groups is 2. The van der Waals surface area contributed by atoms with Crippen LogP contribution in [0.3, 0.4) is 0 Å². The second-order valence-corrected chi connectivity index (χ2v) is 10.1. The smallest absolute Gasteiger partial charge is 0.409 e. The summed E-state index contributed by atoms with van der Waals surface area (Å²) in [6, 6.07) is 6.33. The van der Waals surface area contributed by atoms with E-state index in [4.69, 9.17) is 4.74 Å². The maximum absolute atomic E-state index is 12.8. The molecule has 0 unspecified atom stereocenters. The molecule has 10 heteroatoms. The number of carbonyl (C=O) groups excluding carboxylic acids is 2. The van der Waals surface area contributed by atoms with Gasteiger partial charge in [0.15, 0.2) is 0 Å². The zero-order chi connectivity index (χ0) is 22.4. The Morgan fingerprint density at radius 2 is 1.65 bits per heavy atom. The number of ether oxygens (including phenoxy) is 1. The van der Waals surface area contributed by atoms with Gasteiger partial charge in [0.2, 0.25) is 15.9 Å². The van der Waals surface area contributed by atoms with Crippen LogP contribution >= 0.6 is 0 Å². The van der Waals surface area contributed by atoms with Crippen molar-refractivity contribution in [3.63, 3.8) is 0 Å². The van der Waals surface area contributed by atoms with Crippen molar-refractivity contribution in [3.8, 4) is 0 Å². The number of nitrogens with zero attached hydrogens (tertiary/aromatic N) is 3.